The Morgan fingerprint density at radius 2 is 2.19 bits per heavy atom. The molecule has 1 saturated heterocycles. The van der Waals surface area contributed by atoms with Gasteiger partial charge in [0.1, 0.15) is 5.56 Å². The quantitative estimate of drug-likeness (QED) is 0.538. The number of hydrogen-bond donors (Lipinski definition) is 0. The number of ether oxygens (including phenoxy) is 3. The number of esters is 1. The number of nitrogens with zero attached hydrogens (tertiary/aromatic N) is 3. The van der Waals surface area contributed by atoms with Gasteiger partial charge in [-0.2, -0.15) is 5.10 Å². The molecule has 1 aliphatic rings. The average molecular weight is 297 g/mol. The molecular weight excluding hydrogens is 274 g/mol. The highest BCUT2D eigenvalue weighted by atomic mass is 16.5. The van der Waals surface area contributed by atoms with E-state index in [9.17, 15) is 4.79 Å². The zero-order chi connectivity index (χ0) is 15.1. The maximum absolute atomic E-state index is 11.8. The summed E-state index contributed by atoms with van der Waals surface area (Å²) in [5.41, 5.74) is 1.22. The van der Waals surface area contributed by atoms with E-state index in [2.05, 4.69) is 10.00 Å². The second kappa shape index (κ2) is 8.11. The highest BCUT2D eigenvalue weighted by Gasteiger charge is 2.17. The van der Waals surface area contributed by atoms with Gasteiger partial charge in [0.2, 0.25) is 0 Å². The molecule has 0 saturated carbocycles. The van der Waals surface area contributed by atoms with Crippen LogP contribution in [0.4, 0.5) is 0 Å². The minimum atomic E-state index is -0.350. The second-order valence-electron chi connectivity index (χ2n) is 4.86. The second-order valence-corrected chi connectivity index (χ2v) is 4.86. The lowest BCUT2D eigenvalue weighted by Gasteiger charge is -2.26. The van der Waals surface area contributed by atoms with Crippen molar-refractivity contribution in [2.45, 2.75) is 13.5 Å². The lowest BCUT2D eigenvalue weighted by atomic mass is 10.2. The fourth-order valence-electron chi connectivity index (χ4n) is 2.20. The zero-order valence-corrected chi connectivity index (χ0v) is 12.7. The van der Waals surface area contributed by atoms with Gasteiger partial charge in [0.15, 0.2) is 0 Å². The van der Waals surface area contributed by atoms with Gasteiger partial charge in [-0.3, -0.25) is 9.58 Å². The summed E-state index contributed by atoms with van der Waals surface area (Å²) in [5.74, 6) is -0.350. The van der Waals surface area contributed by atoms with E-state index in [1.54, 1.807) is 18.7 Å². The molecular formula is C14H23N3O4. The molecule has 0 aromatic carbocycles. The van der Waals surface area contributed by atoms with Crippen molar-refractivity contribution in [2.24, 2.45) is 7.05 Å². The van der Waals surface area contributed by atoms with E-state index in [0.717, 1.165) is 38.5 Å². The van der Waals surface area contributed by atoms with Crippen molar-refractivity contribution in [2.75, 3.05) is 46.1 Å². The predicted molar refractivity (Wildman–Crippen MR) is 76.1 cm³/mol. The number of hydrogen-bond acceptors (Lipinski definition) is 6. The Morgan fingerprint density at radius 3 is 2.90 bits per heavy atom. The summed E-state index contributed by atoms with van der Waals surface area (Å²) in [6, 6.07) is 0. The van der Waals surface area contributed by atoms with Gasteiger partial charge in [-0.1, -0.05) is 0 Å². The Morgan fingerprint density at radius 1 is 1.43 bits per heavy atom. The largest absolute Gasteiger partial charge is 0.462 e. The van der Waals surface area contributed by atoms with Crippen molar-refractivity contribution in [3.63, 3.8) is 0 Å². The first kappa shape index (κ1) is 15.9. The third-order valence-corrected chi connectivity index (χ3v) is 3.45. The molecule has 7 heteroatoms. The maximum atomic E-state index is 11.8. The number of carbonyl (C=O) groups is 1. The van der Waals surface area contributed by atoms with Crippen LogP contribution in [0.25, 0.3) is 0 Å². The summed E-state index contributed by atoms with van der Waals surface area (Å²) in [4.78, 5) is 14.1. The van der Waals surface area contributed by atoms with Crippen LogP contribution < -0.4 is 0 Å². The minimum Gasteiger partial charge on any atom is -0.462 e. The first-order valence-corrected chi connectivity index (χ1v) is 7.28. The molecule has 2 heterocycles. The molecule has 0 atom stereocenters. The molecule has 21 heavy (non-hydrogen) atoms. The summed E-state index contributed by atoms with van der Waals surface area (Å²) in [7, 11) is 1.80. The minimum absolute atomic E-state index is 0.350. The van der Waals surface area contributed by atoms with Crippen molar-refractivity contribution in [1.29, 1.82) is 0 Å². The topological polar surface area (TPSA) is 65.8 Å². The fraction of sp³-hybridized carbons (Fsp3) is 0.714. The number of morpholine rings is 1. The number of aromatic nitrogens is 2. The number of carbonyl (C=O) groups excluding carboxylic acids is 1. The number of aryl methyl sites for hydroxylation is 1. The Labute approximate surface area is 124 Å². The molecule has 1 fully saturated rings. The maximum Gasteiger partial charge on any atom is 0.341 e. The van der Waals surface area contributed by atoms with Gasteiger partial charge in [0.05, 0.1) is 44.9 Å². The lowest BCUT2D eigenvalue weighted by molar-refractivity contribution is 0.0170. The van der Waals surface area contributed by atoms with Gasteiger partial charge < -0.3 is 14.2 Å². The smallest absolute Gasteiger partial charge is 0.341 e. The van der Waals surface area contributed by atoms with Gasteiger partial charge in [0, 0.05) is 26.7 Å². The van der Waals surface area contributed by atoms with E-state index >= 15 is 0 Å². The zero-order valence-electron chi connectivity index (χ0n) is 12.7. The Kier molecular flexibility index (Phi) is 6.16. The fourth-order valence-corrected chi connectivity index (χ4v) is 2.20. The molecule has 2 rings (SSSR count). The van der Waals surface area contributed by atoms with Crippen LogP contribution in [0.1, 0.15) is 23.0 Å². The monoisotopic (exact) mass is 297 g/mol. The molecule has 0 spiro atoms. The van der Waals surface area contributed by atoms with Crippen LogP contribution in [0.2, 0.25) is 0 Å². The molecule has 0 aliphatic carbocycles. The van der Waals surface area contributed by atoms with Crippen LogP contribution in [-0.2, 0) is 27.9 Å². The van der Waals surface area contributed by atoms with Crippen molar-refractivity contribution in [1.82, 2.24) is 14.7 Å². The molecule has 7 nitrogen and oxygen atoms in total. The standard InChI is InChI=1S/C14H23N3O4/c1-3-21-14(18)12-10-15-16(2)13(12)11-20-9-6-17-4-7-19-8-5-17/h10H,3-9,11H2,1-2H3. The Bertz CT molecular complexity index is 455. The molecule has 0 amide bonds. The van der Waals surface area contributed by atoms with E-state index in [1.165, 1.54) is 6.20 Å². The van der Waals surface area contributed by atoms with Crippen LogP contribution in [0.15, 0.2) is 6.20 Å². The average Bonchev–Trinajstić information content (AvgIpc) is 2.86. The van der Waals surface area contributed by atoms with Gasteiger partial charge in [-0.05, 0) is 6.92 Å². The third kappa shape index (κ3) is 4.52. The van der Waals surface area contributed by atoms with E-state index < -0.39 is 0 Å². The first-order chi connectivity index (χ1) is 10.2. The van der Waals surface area contributed by atoms with Crippen LogP contribution in [0, 0.1) is 0 Å². The lowest BCUT2D eigenvalue weighted by Crippen LogP contribution is -2.38. The first-order valence-electron chi connectivity index (χ1n) is 7.28. The molecule has 0 N–H and O–H groups in total. The molecule has 0 bridgehead atoms. The molecule has 1 aromatic heterocycles. The van der Waals surface area contributed by atoms with Gasteiger partial charge in [0.25, 0.3) is 0 Å². The van der Waals surface area contributed by atoms with E-state index in [1.807, 2.05) is 0 Å². The summed E-state index contributed by atoms with van der Waals surface area (Å²) < 4.78 is 17.6. The van der Waals surface area contributed by atoms with Crippen LogP contribution in [0.5, 0.6) is 0 Å². The van der Waals surface area contributed by atoms with Crippen LogP contribution >= 0.6 is 0 Å². The van der Waals surface area contributed by atoms with E-state index in [-0.39, 0.29) is 5.97 Å². The Balaban J connectivity index is 1.79. The van der Waals surface area contributed by atoms with Gasteiger partial charge >= 0.3 is 5.97 Å². The Hall–Kier alpha value is -1.44. The number of rotatable bonds is 7. The summed E-state index contributed by atoms with van der Waals surface area (Å²) in [6.45, 7) is 7.45. The van der Waals surface area contributed by atoms with Gasteiger partial charge in [-0.15, -0.1) is 0 Å². The molecule has 0 unspecified atom stereocenters. The SMILES string of the molecule is CCOC(=O)c1cnn(C)c1COCCN1CCOCC1. The summed E-state index contributed by atoms with van der Waals surface area (Å²) in [6.07, 6.45) is 1.53. The van der Waals surface area contributed by atoms with Crippen molar-refractivity contribution < 1.29 is 19.0 Å². The van der Waals surface area contributed by atoms with Crippen LogP contribution in [-0.4, -0.2) is 66.7 Å². The third-order valence-electron chi connectivity index (χ3n) is 3.45. The summed E-state index contributed by atoms with van der Waals surface area (Å²) >= 11 is 0. The molecule has 1 aliphatic heterocycles. The normalized spacial score (nSPS) is 16.1. The van der Waals surface area contributed by atoms with E-state index in [4.69, 9.17) is 14.2 Å². The van der Waals surface area contributed by atoms with E-state index in [0.29, 0.717) is 25.4 Å². The van der Waals surface area contributed by atoms with Crippen molar-refractivity contribution >= 4 is 5.97 Å². The van der Waals surface area contributed by atoms with Crippen LogP contribution in [0.3, 0.4) is 0 Å². The molecule has 1 aromatic rings. The molecule has 118 valence electrons. The van der Waals surface area contributed by atoms with Gasteiger partial charge in [-0.25, -0.2) is 4.79 Å². The highest BCUT2D eigenvalue weighted by molar-refractivity contribution is 5.90. The highest BCUT2D eigenvalue weighted by Crippen LogP contribution is 2.11. The van der Waals surface area contributed by atoms with Crippen molar-refractivity contribution in [3.8, 4) is 0 Å². The predicted octanol–water partition coefficient (Wildman–Crippen LogP) is 0.446. The summed E-state index contributed by atoms with van der Waals surface area (Å²) in [5, 5.41) is 4.10. The van der Waals surface area contributed by atoms with Crippen molar-refractivity contribution in [3.05, 3.63) is 17.5 Å². The molecule has 0 radical (unpaired) electrons.